The maximum Gasteiger partial charge on any atom is 0.264 e. The zero-order valence-corrected chi connectivity index (χ0v) is 17.0. The molecule has 0 bridgehead atoms. The van der Waals surface area contributed by atoms with Gasteiger partial charge in [0.2, 0.25) is 5.91 Å². The van der Waals surface area contributed by atoms with Crippen molar-refractivity contribution in [3.63, 3.8) is 0 Å². The van der Waals surface area contributed by atoms with Crippen LogP contribution in [-0.2, 0) is 14.8 Å². The Morgan fingerprint density at radius 1 is 1.03 bits per heavy atom. The number of nitrogens with zero attached hydrogens (tertiary/aromatic N) is 1. The van der Waals surface area contributed by atoms with Crippen molar-refractivity contribution in [2.24, 2.45) is 0 Å². The molecular formula is C21H18ClFN2O3S. The minimum absolute atomic E-state index is 0.0468. The van der Waals surface area contributed by atoms with Crippen LogP contribution < -0.4 is 9.62 Å². The number of aryl methyl sites for hydroxylation is 1. The maximum absolute atomic E-state index is 14.4. The molecular weight excluding hydrogens is 415 g/mol. The zero-order chi connectivity index (χ0) is 21.0. The standard InChI is InChI=1S/C21H18ClFN2O3S/c1-15-11-12-16(13-18(15)22)24-21(26)14-25(20-10-6-5-9-19(20)23)29(27,28)17-7-3-2-4-8-17/h2-13H,14H2,1H3,(H,24,26). The molecule has 0 saturated carbocycles. The lowest BCUT2D eigenvalue weighted by Crippen LogP contribution is -2.38. The molecule has 0 radical (unpaired) electrons. The van der Waals surface area contributed by atoms with Crippen molar-refractivity contribution in [2.75, 3.05) is 16.2 Å². The highest BCUT2D eigenvalue weighted by molar-refractivity contribution is 7.92. The van der Waals surface area contributed by atoms with Gasteiger partial charge in [-0.3, -0.25) is 9.10 Å². The molecule has 1 amide bonds. The third-order valence-corrected chi connectivity index (χ3v) is 6.38. The fourth-order valence-corrected chi connectivity index (χ4v) is 4.31. The van der Waals surface area contributed by atoms with E-state index in [4.69, 9.17) is 11.6 Å². The number of sulfonamides is 1. The number of benzene rings is 3. The lowest BCUT2D eigenvalue weighted by Gasteiger charge is -2.24. The van der Waals surface area contributed by atoms with Gasteiger partial charge in [0.05, 0.1) is 10.6 Å². The molecule has 0 aliphatic carbocycles. The lowest BCUT2D eigenvalue weighted by molar-refractivity contribution is -0.114. The molecule has 29 heavy (non-hydrogen) atoms. The van der Waals surface area contributed by atoms with Gasteiger partial charge in [-0.05, 0) is 48.9 Å². The molecule has 0 fully saturated rings. The Morgan fingerprint density at radius 2 is 1.69 bits per heavy atom. The maximum atomic E-state index is 14.4. The summed E-state index contributed by atoms with van der Waals surface area (Å²) in [6.07, 6.45) is 0. The third kappa shape index (κ3) is 4.75. The van der Waals surface area contributed by atoms with Crippen LogP contribution in [0.4, 0.5) is 15.8 Å². The zero-order valence-electron chi connectivity index (χ0n) is 15.5. The van der Waals surface area contributed by atoms with E-state index in [1.165, 1.54) is 30.3 Å². The van der Waals surface area contributed by atoms with Gasteiger partial charge in [-0.2, -0.15) is 0 Å². The Labute approximate surface area is 173 Å². The Morgan fingerprint density at radius 3 is 2.34 bits per heavy atom. The monoisotopic (exact) mass is 432 g/mol. The first-order valence-electron chi connectivity index (χ1n) is 8.67. The third-order valence-electron chi connectivity index (χ3n) is 4.20. The van der Waals surface area contributed by atoms with Gasteiger partial charge in [0.25, 0.3) is 10.0 Å². The number of anilines is 2. The summed E-state index contributed by atoms with van der Waals surface area (Å²) in [5.74, 6) is -1.38. The topological polar surface area (TPSA) is 66.5 Å². The van der Waals surface area contributed by atoms with Crippen LogP contribution in [0, 0.1) is 12.7 Å². The first kappa shape index (κ1) is 20.8. The summed E-state index contributed by atoms with van der Waals surface area (Å²) < 4.78 is 41.4. The number of carbonyl (C=O) groups is 1. The van der Waals surface area contributed by atoms with E-state index < -0.39 is 28.3 Å². The molecule has 1 N–H and O–H groups in total. The predicted octanol–water partition coefficient (Wildman–Crippen LogP) is 4.62. The van der Waals surface area contributed by atoms with Crippen LogP contribution in [0.2, 0.25) is 5.02 Å². The molecule has 0 spiro atoms. The van der Waals surface area contributed by atoms with Gasteiger partial charge in [0, 0.05) is 10.7 Å². The summed E-state index contributed by atoms with van der Waals surface area (Å²) in [5.41, 5.74) is 1.04. The second-order valence-electron chi connectivity index (χ2n) is 6.29. The van der Waals surface area contributed by atoms with Gasteiger partial charge >= 0.3 is 0 Å². The SMILES string of the molecule is Cc1ccc(NC(=O)CN(c2ccccc2F)S(=O)(=O)c2ccccc2)cc1Cl. The minimum atomic E-state index is -4.17. The molecule has 0 saturated heterocycles. The van der Waals surface area contributed by atoms with Crippen LogP contribution in [0.5, 0.6) is 0 Å². The quantitative estimate of drug-likeness (QED) is 0.618. The number of amides is 1. The number of nitrogens with one attached hydrogen (secondary N) is 1. The van der Waals surface area contributed by atoms with Gasteiger partial charge in [-0.15, -0.1) is 0 Å². The van der Waals surface area contributed by atoms with Gasteiger partial charge in [-0.1, -0.05) is 48.0 Å². The Balaban J connectivity index is 1.94. The van der Waals surface area contributed by atoms with Crippen molar-refractivity contribution in [3.8, 4) is 0 Å². The van der Waals surface area contributed by atoms with Crippen LogP contribution in [-0.4, -0.2) is 20.9 Å². The lowest BCUT2D eigenvalue weighted by atomic mass is 10.2. The first-order valence-corrected chi connectivity index (χ1v) is 10.5. The molecule has 150 valence electrons. The smallest absolute Gasteiger partial charge is 0.264 e. The number of hydrogen-bond acceptors (Lipinski definition) is 3. The molecule has 0 heterocycles. The van der Waals surface area contributed by atoms with E-state index in [2.05, 4.69) is 5.32 Å². The number of hydrogen-bond donors (Lipinski definition) is 1. The normalized spacial score (nSPS) is 11.1. The van der Waals surface area contributed by atoms with Crippen LogP contribution in [0.1, 0.15) is 5.56 Å². The van der Waals surface area contributed by atoms with E-state index >= 15 is 0 Å². The van der Waals surface area contributed by atoms with Crippen molar-refractivity contribution in [1.29, 1.82) is 0 Å². The van der Waals surface area contributed by atoms with Crippen molar-refractivity contribution >= 4 is 38.9 Å². The second kappa shape index (κ2) is 8.63. The summed E-state index contributed by atoms with van der Waals surface area (Å²) in [5, 5.41) is 3.06. The molecule has 3 rings (SSSR count). The number of halogens is 2. The van der Waals surface area contributed by atoms with E-state index in [1.807, 2.05) is 6.92 Å². The second-order valence-corrected chi connectivity index (χ2v) is 8.56. The van der Waals surface area contributed by atoms with Crippen LogP contribution in [0.15, 0.2) is 77.7 Å². The van der Waals surface area contributed by atoms with Gasteiger partial charge in [0.15, 0.2) is 0 Å². The molecule has 5 nitrogen and oxygen atoms in total. The van der Waals surface area contributed by atoms with Crippen molar-refractivity contribution < 1.29 is 17.6 Å². The molecule has 0 unspecified atom stereocenters. The molecule has 0 aliphatic heterocycles. The summed E-state index contributed by atoms with van der Waals surface area (Å²) in [7, 11) is -4.17. The van der Waals surface area contributed by atoms with E-state index in [1.54, 1.807) is 36.4 Å². The summed E-state index contributed by atoms with van der Waals surface area (Å²) in [4.78, 5) is 12.6. The van der Waals surface area contributed by atoms with Crippen molar-refractivity contribution in [3.05, 3.63) is 89.2 Å². The van der Waals surface area contributed by atoms with Crippen LogP contribution in [0.3, 0.4) is 0 Å². The number of rotatable bonds is 6. The largest absolute Gasteiger partial charge is 0.324 e. The highest BCUT2D eigenvalue weighted by Gasteiger charge is 2.29. The molecule has 0 atom stereocenters. The molecule has 0 aromatic heterocycles. The van der Waals surface area contributed by atoms with E-state index in [0.717, 1.165) is 15.9 Å². The average Bonchev–Trinajstić information content (AvgIpc) is 2.70. The highest BCUT2D eigenvalue weighted by atomic mass is 35.5. The van der Waals surface area contributed by atoms with Crippen molar-refractivity contribution in [2.45, 2.75) is 11.8 Å². The highest BCUT2D eigenvalue weighted by Crippen LogP contribution is 2.26. The van der Waals surface area contributed by atoms with E-state index in [0.29, 0.717) is 10.7 Å². The summed E-state index contributed by atoms with van der Waals surface area (Å²) in [6, 6.07) is 17.9. The molecule has 8 heteroatoms. The molecule has 3 aromatic carbocycles. The fraction of sp³-hybridized carbons (Fsp3) is 0.0952. The number of para-hydroxylation sites is 1. The minimum Gasteiger partial charge on any atom is -0.324 e. The molecule has 3 aromatic rings. The Kier molecular flexibility index (Phi) is 6.20. The van der Waals surface area contributed by atoms with Crippen molar-refractivity contribution in [1.82, 2.24) is 0 Å². The summed E-state index contributed by atoms with van der Waals surface area (Å²) in [6.45, 7) is 1.21. The summed E-state index contributed by atoms with van der Waals surface area (Å²) >= 11 is 6.07. The predicted molar refractivity (Wildman–Crippen MR) is 112 cm³/mol. The van der Waals surface area contributed by atoms with Gasteiger partial charge in [-0.25, -0.2) is 12.8 Å². The van der Waals surface area contributed by atoms with Crippen LogP contribution >= 0.6 is 11.6 Å². The van der Waals surface area contributed by atoms with Gasteiger partial charge in [0.1, 0.15) is 12.4 Å². The van der Waals surface area contributed by atoms with Crippen LogP contribution in [0.25, 0.3) is 0 Å². The first-order chi connectivity index (χ1) is 13.8. The van der Waals surface area contributed by atoms with E-state index in [-0.39, 0.29) is 10.6 Å². The average molecular weight is 433 g/mol. The van der Waals surface area contributed by atoms with Gasteiger partial charge < -0.3 is 5.32 Å². The van der Waals surface area contributed by atoms with E-state index in [9.17, 15) is 17.6 Å². The molecule has 0 aliphatic rings. The number of carbonyl (C=O) groups excluding carboxylic acids is 1. The fourth-order valence-electron chi connectivity index (χ4n) is 2.67. The Hall–Kier alpha value is -2.90. The Bertz CT molecular complexity index is 1140.